The lowest BCUT2D eigenvalue weighted by Crippen LogP contribution is -2.40. The minimum absolute atomic E-state index is 0.0839. The van der Waals surface area contributed by atoms with Crippen molar-refractivity contribution in [3.05, 3.63) is 64.9 Å². The molecule has 1 aliphatic heterocycles. The summed E-state index contributed by atoms with van der Waals surface area (Å²) in [6.07, 6.45) is 3.23. The van der Waals surface area contributed by atoms with E-state index in [0.29, 0.717) is 28.5 Å². The van der Waals surface area contributed by atoms with Crippen LogP contribution in [0.3, 0.4) is 0 Å². The van der Waals surface area contributed by atoms with E-state index in [1.165, 1.54) is 11.0 Å². The number of hydrogen-bond acceptors (Lipinski definition) is 6. The molecule has 2 aromatic carbocycles. The lowest BCUT2D eigenvalue weighted by atomic mass is 9.97. The summed E-state index contributed by atoms with van der Waals surface area (Å²) in [7, 11) is 0. The molecular formula is C21H22ClN7O2. The van der Waals surface area contributed by atoms with Crippen LogP contribution in [0, 0.1) is 5.92 Å². The fourth-order valence-corrected chi connectivity index (χ4v) is 3.92. The van der Waals surface area contributed by atoms with Crippen molar-refractivity contribution < 1.29 is 9.59 Å². The number of tetrazole rings is 1. The number of piperidine rings is 1. The van der Waals surface area contributed by atoms with E-state index in [1.807, 2.05) is 24.3 Å². The van der Waals surface area contributed by atoms with Gasteiger partial charge < -0.3 is 11.1 Å². The second kappa shape index (κ2) is 9.23. The summed E-state index contributed by atoms with van der Waals surface area (Å²) >= 11 is 6.09. The molecule has 0 spiro atoms. The van der Waals surface area contributed by atoms with E-state index in [4.69, 9.17) is 17.3 Å². The van der Waals surface area contributed by atoms with E-state index >= 15 is 0 Å². The predicted octanol–water partition coefficient (Wildman–Crippen LogP) is 2.27. The van der Waals surface area contributed by atoms with Gasteiger partial charge in [-0.05, 0) is 65.7 Å². The van der Waals surface area contributed by atoms with Crippen LogP contribution in [0.2, 0.25) is 5.02 Å². The number of rotatable bonds is 6. The van der Waals surface area contributed by atoms with Crippen LogP contribution in [0.1, 0.15) is 28.8 Å². The highest BCUT2D eigenvalue weighted by molar-refractivity contribution is 6.31. The van der Waals surface area contributed by atoms with Crippen molar-refractivity contribution in [2.45, 2.75) is 19.4 Å². The molecule has 2 heterocycles. The molecule has 0 radical (unpaired) electrons. The van der Waals surface area contributed by atoms with Gasteiger partial charge >= 0.3 is 0 Å². The lowest BCUT2D eigenvalue weighted by molar-refractivity contribution is -0.123. The Labute approximate surface area is 184 Å². The van der Waals surface area contributed by atoms with Crippen LogP contribution in [0.4, 0.5) is 5.69 Å². The lowest BCUT2D eigenvalue weighted by Gasteiger charge is -2.31. The van der Waals surface area contributed by atoms with Crippen molar-refractivity contribution in [2.75, 3.05) is 18.4 Å². The van der Waals surface area contributed by atoms with Crippen molar-refractivity contribution >= 4 is 29.1 Å². The third-order valence-electron chi connectivity index (χ3n) is 5.32. The van der Waals surface area contributed by atoms with Gasteiger partial charge in [0.2, 0.25) is 5.91 Å². The summed E-state index contributed by atoms with van der Waals surface area (Å²) < 4.78 is 1.41. The summed E-state index contributed by atoms with van der Waals surface area (Å²) in [6, 6.07) is 12.6. The Hall–Kier alpha value is -3.30. The number of nitrogens with one attached hydrogen (secondary N) is 1. The predicted molar refractivity (Wildman–Crippen MR) is 116 cm³/mol. The van der Waals surface area contributed by atoms with Crippen LogP contribution < -0.4 is 11.1 Å². The number of hydrogen-bond donors (Lipinski definition) is 2. The number of primary amides is 1. The molecule has 0 bridgehead atoms. The van der Waals surface area contributed by atoms with E-state index in [2.05, 4.69) is 25.7 Å². The molecule has 3 N–H and O–H groups in total. The Morgan fingerprint density at radius 2 is 2.00 bits per heavy atom. The molecule has 3 aromatic rings. The fraction of sp³-hybridized carbons (Fsp3) is 0.286. The Bertz CT molecular complexity index is 1070. The number of nitrogens with two attached hydrogens (primary N) is 1. The minimum Gasteiger partial charge on any atom is -0.369 e. The highest BCUT2D eigenvalue weighted by Gasteiger charge is 2.23. The summed E-state index contributed by atoms with van der Waals surface area (Å²) in [6.45, 7) is 2.36. The second-order valence-electron chi connectivity index (χ2n) is 7.54. The zero-order chi connectivity index (χ0) is 21.8. The zero-order valence-electron chi connectivity index (χ0n) is 16.7. The summed E-state index contributed by atoms with van der Waals surface area (Å²) in [5.74, 6) is -0.634. The highest BCUT2D eigenvalue weighted by Crippen LogP contribution is 2.22. The van der Waals surface area contributed by atoms with Crippen LogP contribution in [-0.2, 0) is 11.3 Å². The van der Waals surface area contributed by atoms with Gasteiger partial charge in [0, 0.05) is 23.8 Å². The molecule has 2 amide bonds. The molecule has 1 fully saturated rings. The number of aromatic nitrogens is 4. The van der Waals surface area contributed by atoms with Gasteiger partial charge in [0.05, 0.1) is 17.2 Å². The van der Waals surface area contributed by atoms with E-state index in [1.54, 1.807) is 18.2 Å². The highest BCUT2D eigenvalue weighted by atomic mass is 35.5. The van der Waals surface area contributed by atoms with E-state index < -0.39 is 0 Å². The van der Waals surface area contributed by atoms with Gasteiger partial charge in [-0.1, -0.05) is 23.7 Å². The molecule has 1 aromatic heterocycles. The smallest absolute Gasteiger partial charge is 0.257 e. The first-order valence-corrected chi connectivity index (χ1v) is 10.3. The third-order valence-corrected chi connectivity index (χ3v) is 5.56. The first-order valence-electron chi connectivity index (χ1n) is 9.94. The maximum absolute atomic E-state index is 12.9. The fourth-order valence-electron chi connectivity index (χ4n) is 3.74. The summed E-state index contributed by atoms with van der Waals surface area (Å²) in [5.41, 5.74) is 8.10. The third kappa shape index (κ3) is 5.07. The number of benzene rings is 2. The Morgan fingerprint density at radius 1 is 1.19 bits per heavy atom. The molecule has 4 rings (SSSR count). The van der Waals surface area contributed by atoms with E-state index in [0.717, 1.165) is 31.5 Å². The van der Waals surface area contributed by atoms with Gasteiger partial charge in [-0.2, -0.15) is 4.68 Å². The number of anilines is 1. The van der Waals surface area contributed by atoms with Crippen molar-refractivity contribution in [3.8, 4) is 5.69 Å². The average molecular weight is 440 g/mol. The molecule has 1 atom stereocenters. The van der Waals surface area contributed by atoms with Crippen molar-refractivity contribution in [1.29, 1.82) is 0 Å². The maximum atomic E-state index is 12.9. The van der Waals surface area contributed by atoms with Gasteiger partial charge in [-0.15, -0.1) is 5.10 Å². The molecule has 9 nitrogen and oxygen atoms in total. The molecule has 0 aliphatic carbocycles. The van der Waals surface area contributed by atoms with Gasteiger partial charge in [0.25, 0.3) is 5.91 Å². The molecule has 0 saturated carbocycles. The Morgan fingerprint density at radius 3 is 2.71 bits per heavy atom. The first-order chi connectivity index (χ1) is 15.0. The molecule has 1 aliphatic rings. The second-order valence-corrected chi connectivity index (χ2v) is 7.98. The summed E-state index contributed by atoms with van der Waals surface area (Å²) in [5, 5.41) is 14.4. The van der Waals surface area contributed by atoms with E-state index in [9.17, 15) is 9.59 Å². The number of halogens is 1. The maximum Gasteiger partial charge on any atom is 0.257 e. The van der Waals surface area contributed by atoms with Gasteiger partial charge in [-0.3, -0.25) is 14.5 Å². The topological polar surface area (TPSA) is 119 Å². The quantitative estimate of drug-likeness (QED) is 0.608. The van der Waals surface area contributed by atoms with Crippen molar-refractivity contribution in [2.24, 2.45) is 11.7 Å². The SMILES string of the molecule is NC(=O)C1CCCN(Cc2ccc(NC(=O)c3cc(Cl)ccc3-n3cnnn3)cc2)C1. The van der Waals surface area contributed by atoms with E-state index in [-0.39, 0.29) is 17.7 Å². The average Bonchev–Trinajstić information content (AvgIpc) is 3.30. The molecule has 160 valence electrons. The molecular weight excluding hydrogens is 418 g/mol. The number of amides is 2. The first kappa shape index (κ1) is 21.0. The number of nitrogens with zero attached hydrogens (tertiary/aromatic N) is 5. The van der Waals surface area contributed by atoms with Crippen molar-refractivity contribution in [1.82, 2.24) is 25.1 Å². The standard InChI is InChI=1S/C21H22ClN7O2/c22-16-5-8-19(29-13-24-26-27-29)18(10-16)21(31)25-17-6-3-14(4-7-17)11-28-9-1-2-15(12-28)20(23)30/h3-8,10,13,15H,1-2,9,11-12H2,(H2,23,30)(H,25,31). The van der Waals surface area contributed by atoms with Crippen LogP contribution in [0.15, 0.2) is 48.8 Å². The van der Waals surface area contributed by atoms with Gasteiger partial charge in [-0.25, -0.2) is 0 Å². The molecule has 10 heteroatoms. The molecule has 1 saturated heterocycles. The zero-order valence-corrected chi connectivity index (χ0v) is 17.5. The largest absolute Gasteiger partial charge is 0.369 e. The number of carbonyl (C=O) groups is 2. The number of carbonyl (C=O) groups excluding carboxylic acids is 2. The molecule has 31 heavy (non-hydrogen) atoms. The van der Waals surface area contributed by atoms with Crippen LogP contribution >= 0.6 is 11.6 Å². The Kier molecular flexibility index (Phi) is 6.24. The number of likely N-dealkylation sites (tertiary alicyclic amines) is 1. The normalized spacial score (nSPS) is 16.7. The van der Waals surface area contributed by atoms with Gasteiger partial charge in [0.1, 0.15) is 6.33 Å². The Balaban J connectivity index is 1.43. The molecule has 1 unspecified atom stereocenters. The summed E-state index contributed by atoms with van der Waals surface area (Å²) in [4.78, 5) is 26.6. The minimum atomic E-state index is -0.318. The monoisotopic (exact) mass is 439 g/mol. The van der Waals surface area contributed by atoms with Crippen LogP contribution in [0.25, 0.3) is 5.69 Å². The van der Waals surface area contributed by atoms with Gasteiger partial charge in [0.15, 0.2) is 0 Å². The van der Waals surface area contributed by atoms with Crippen molar-refractivity contribution in [3.63, 3.8) is 0 Å². The van der Waals surface area contributed by atoms with Crippen LogP contribution in [0.5, 0.6) is 0 Å². The van der Waals surface area contributed by atoms with Crippen LogP contribution in [-0.4, -0.2) is 50.0 Å².